The Morgan fingerprint density at radius 3 is 2.40 bits per heavy atom. The van der Waals surface area contributed by atoms with E-state index in [0.717, 1.165) is 46.4 Å². The van der Waals surface area contributed by atoms with Gasteiger partial charge >= 0.3 is 0 Å². The predicted molar refractivity (Wildman–Crippen MR) is 162 cm³/mol. The molecular formula is C32H32N8O2. The summed E-state index contributed by atoms with van der Waals surface area (Å²) in [4.78, 5) is 38.6. The van der Waals surface area contributed by atoms with Crippen LogP contribution in [0.25, 0.3) is 27.8 Å². The first kappa shape index (κ1) is 27.1. The number of carbonyl (C=O) groups excluding carboxylic acids is 2. The van der Waals surface area contributed by atoms with Crippen molar-refractivity contribution in [3.8, 4) is 16.9 Å². The average Bonchev–Trinajstić information content (AvgIpc) is 3.41. The third-order valence-corrected chi connectivity index (χ3v) is 7.73. The lowest BCUT2D eigenvalue weighted by molar-refractivity contribution is -0.117. The second-order valence-corrected chi connectivity index (χ2v) is 10.6. The van der Waals surface area contributed by atoms with Crippen molar-refractivity contribution in [2.75, 3.05) is 11.1 Å². The Morgan fingerprint density at radius 2 is 1.69 bits per heavy atom. The van der Waals surface area contributed by atoms with Crippen molar-refractivity contribution in [2.24, 2.45) is 0 Å². The highest BCUT2D eigenvalue weighted by Crippen LogP contribution is 2.37. The van der Waals surface area contributed by atoms with Crippen LogP contribution in [-0.4, -0.2) is 42.6 Å². The molecule has 3 heterocycles. The average molecular weight is 561 g/mol. The minimum Gasteiger partial charge on any atom is -0.368 e. The van der Waals surface area contributed by atoms with E-state index in [9.17, 15) is 9.59 Å². The van der Waals surface area contributed by atoms with Crippen molar-refractivity contribution in [1.29, 1.82) is 0 Å². The molecule has 1 saturated carbocycles. The van der Waals surface area contributed by atoms with Gasteiger partial charge in [-0.05, 0) is 61.7 Å². The summed E-state index contributed by atoms with van der Waals surface area (Å²) in [6.07, 6.45) is 10.9. The Bertz CT molecular complexity index is 1710. The molecule has 0 unspecified atom stereocenters. The highest BCUT2D eigenvalue weighted by atomic mass is 16.2. The number of fused-ring (bicyclic) bond motifs is 1. The number of anilines is 2. The summed E-state index contributed by atoms with van der Waals surface area (Å²) in [5.74, 6) is 0.697. The zero-order chi connectivity index (χ0) is 29.1. The summed E-state index contributed by atoms with van der Waals surface area (Å²) < 4.78 is 1.93. The predicted octanol–water partition coefficient (Wildman–Crippen LogP) is 5.26. The van der Waals surface area contributed by atoms with Crippen molar-refractivity contribution in [3.63, 3.8) is 0 Å². The molecule has 2 aromatic carbocycles. The molecule has 1 aliphatic rings. The standard InChI is InChI=1S/C32H32N8O2/c1-20(30(41)38-25-13-10-21(11-14-25)24-18-35-32(33)36-19-24)37-31(42)23-12-15-26-27(17-23)39-40(28-9-5-6-16-34-28)29(26)22-7-3-2-4-8-22/h5-6,9-20,22H,2-4,7-8H2,1H3,(H,37,42)(H,38,41)(H2,33,35,36)/t20-/m1/s1. The fraction of sp³-hybridized carbons (Fsp3) is 0.250. The normalized spacial score (nSPS) is 14.4. The number of amides is 2. The van der Waals surface area contributed by atoms with Crippen molar-refractivity contribution in [3.05, 3.63) is 90.5 Å². The number of nitrogen functional groups attached to an aromatic ring is 1. The molecule has 0 saturated heterocycles. The quantitative estimate of drug-likeness (QED) is 0.246. The molecule has 3 aromatic heterocycles. The van der Waals surface area contributed by atoms with Crippen LogP contribution in [0.3, 0.4) is 0 Å². The van der Waals surface area contributed by atoms with Crippen molar-refractivity contribution >= 4 is 34.4 Å². The van der Waals surface area contributed by atoms with Gasteiger partial charge in [-0.25, -0.2) is 19.6 Å². The lowest BCUT2D eigenvalue weighted by Crippen LogP contribution is -2.41. The van der Waals surface area contributed by atoms with Gasteiger partial charge in [-0.2, -0.15) is 5.10 Å². The number of pyridine rings is 1. The van der Waals surface area contributed by atoms with Gasteiger partial charge in [0.25, 0.3) is 5.91 Å². The van der Waals surface area contributed by atoms with Gasteiger partial charge in [0, 0.05) is 46.7 Å². The number of nitrogens with zero attached hydrogens (tertiary/aromatic N) is 5. The van der Waals surface area contributed by atoms with Gasteiger partial charge in [0.15, 0.2) is 5.82 Å². The van der Waals surface area contributed by atoms with Crippen molar-refractivity contribution in [2.45, 2.75) is 51.0 Å². The third kappa shape index (κ3) is 5.69. The molecule has 6 rings (SSSR count). The summed E-state index contributed by atoms with van der Waals surface area (Å²) in [5, 5.41) is 11.6. The second-order valence-electron chi connectivity index (χ2n) is 10.6. The fourth-order valence-corrected chi connectivity index (χ4v) is 5.50. The number of rotatable bonds is 7. The Hall–Kier alpha value is -5.12. The molecule has 0 aliphatic heterocycles. The van der Waals surface area contributed by atoms with Crippen LogP contribution in [0.2, 0.25) is 0 Å². The number of aromatic nitrogens is 5. The largest absolute Gasteiger partial charge is 0.368 e. The summed E-state index contributed by atoms with van der Waals surface area (Å²) in [6.45, 7) is 1.66. The van der Waals surface area contributed by atoms with E-state index in [1.54, 1.807) is 49.8 Å². The Morgan fingerprint density at radius 1 is 0.929 bits per heavy atom. The molecule has 0 spiro atoms. The number of benzene rings is 2. The zero-order valence-electron chi connectivity index (χ0n) is 23.3. The van der Waals surface area contributed by atoms with Crippen LogP contribution in [0.5, 0.6) is 0 Å². The van der Waals surface area contributed by atoms with E-state index in [2.05, 4.69) is 25.6 Å². The molecule has 0 radical (unpaired) electrons. The highest BCUT2D eigenvalue weighted by Gasteiger charge is 2.25. The molecule has 42 heavy (non-hydrogen) atoms. The first-order chi connectivity index (χ1) is 20.5. The van der Waals surface area contributed by atoms with Gasteiger partial charge in [-0.15, -0.1) is 0 Å². The second kappa shape index (κ2) is 11.8. The summed E-state index contributed by atoms with van der Waals surface area (Å²) in [6, 6.07) is 17.9. The smallest absolute Gasteiger partial charge is 0.251 e. The highest BCUT2D eigenvalue weighted by molar-refractivity contribution is 6.02. The minimum absolute atomic E-state index is 0.210. The van der Waals surface area contributed by atoms with Gasteiger partial charge in [0.05, 0.1) is 11.2 Å². The minimum atomic E-state index is -0.762. The maximum Gasteiger partial charge on any atom is 0.251 e. The number of hydrogen-bond acceptors (Lipinski definition) is 7. The maximum absolute atomic E-state index is 13.2. The van der Waals surface area contributed by atoms with Gasteiger partial charge in [0.1, 0.15) is 6.04 Å². The van der Waals surface area contributed by atoms with Crippen LogP contribution >= 0.6 is 0 Å². The number of carbonyl (C=O) groups is 2. The van der Waals surface area contributed by atoms with Crippen LogP contribution in [0.15, 0.2) is 79.3 Å². The molecule has 5 aromatic rings. The first-order valence-corrected chi connectivity index (χ1v) is 14.2. The molecule has 4 N–H and O–H groups in total. The zero-order valence-corrected chi connectivity index (χ0v) is 23.3. The van der Waals surface area contributed by atoms with E-state index in [-0.39, 0.29) is 17.8 Å². The van der Waals surface area contributed by atoms with E-state index in [1.165, 1.54) is 19.3 Å². The van der Waals surface area contributed by atoms with Crippen LogP contribution in [0, 0.1) is 0 Å². The molecule has 0 bridgehead atoms. The SMILES string of the molecule is C[C@@H](NC(=O)c1ccc2c(C3CCCCC3)n(-c3ccccn3)nc2c1)C(=O)Nc1ccc(-c2cnc(N)nc2)cc1. The fourth-order valence-electron chi connectivity index (χ4n) is 5.50. The monoisotopic (exact) mass is 560 g/mol. The van der Waals surface area contributed by atoms with E-state index < -0.39 is 6.04 Å². The van der Waals surface area contributed by atoms with E-state index >= 15 is 0 Å². The topological polar surface area (TPSA) is 141 Å². The Labute approximate surface area is 243 Å². The molecular weight excluding hydrogens is 528 g/mol. The van der Waals surface area contributed by atoms with E-state index in [4.69, 9.17) is 10.8 Å². The number of nitrogens with one attached hydrogen (secondary N) is 2. The van der Waals surface area contributed by atoms with E-state index in [0.29, 0.717) is 17.2 Å². The Kier molecular flexibility index (Phi) is 7.59. The van der Waals surface area contributed by atoms with Crippen LogP contribution in [-0.2, 0) is 4.79 Å². The van der Waals surface area contributed by atoms with Gasteiger partial charge < -0.3 is 16.4 Å². The Balaban J connectivity index is 1.16. The molecule has 1 atom stereocenters. The lowest BCUT2D eigenvalue weighted by atomic mass is 9.85. The number of nitrogens with two attached hydrogens (primary N) is 1. The molecule has 1 aliphatic carbocycles. The van der Waals surface area contributed by atoms with Crippen LogP contribution < -0.4 is 16.4 Å². The maximum atomic E-state index is 13.2. The molecule has 1 fully saturated rings. The molecule has 2 amide bonds. The van der Waals surface area contributed by atoms with Crippen LogP contribution in [0.4, 0.5) is 11.6 Å². The summed E-state index contributed by atoms with van der Waals surface area (Å²) in [5.41, 5.74) is 10.2. The summed E-state index contributed by atoms with van der Waals surface area (Å²) in [7, 11) is 0. The molecule has 10 heteroatoms. The third-order valence-electron chi connectivity index (χ3n) is 7.73. The molecule has 10 nitrogen and oxygen atoms in total. The van der Waals surface area contributed by atoms with Crippen molar-refractivity contribution in [1.82, 2.24) is 30.0 Å². The van der Waals surface area contributed by atoms with Crippen molar-refractivity contribution < 1.29 is 9.59 Å². The number of hydrogen-bond donors (Lipinski definition) is 3. The van der Waals surface area contributed by atoms with Gasteiger partial charge in [-0.1, -0.05) is 43.5 Å². The van der Waals surface area contributed by atoms with Gasteiger partial charge in [0.2, 0.25) is 11.9 Å². The molecule has 212 valence electrons. The summed E-state index contributed by atoms with van der Waals surface area (Å²) >= 11 is 0. The first-order valence-electron chi connectivity index (χ1n) is 14.2. The van der Waals surface area contributed by atoms with Crippen LogP contribution in [0.1, 0.15) is 61.0 Å². The lowest BCUT2D eigenvalue weighted by Gasteiger charge is -2.22. The van der Waals surface area contributed by atoms with Gasteiger partial charge in [-0.3, -0.25) is 9.59 Å². The van der Waals surface area contributed by atoms with E-state index in [1.807, 2.05) is 41.1 Å².